The van der Waals surface area contributed by atoms with Crippen molar-refractivity contribution in [2.45, 2.75) is 20.4 Å². The van der Waals surface area contributed by atoms with E-state index in [-0.39, 0.29) is 0 Å². The number of benzene rings is 2. The smallest absolute Gasteiger partial charge is 0.249 e. The van der Waals surface area contributed by atoms with Gasteiger partial charge in [0.25, 0.3) is 0 Å². The van der Waals surface area contributed by atoms with Crippen LogP contribution < -0.4 is 11.1 Å². The van der Waals surface area contributed by atoms with Gasteiger partial charge in [-0.05, 0) is 31.5 Å². The molecule has 2 aromatic carbocycles. The summed E-state index contributed by atoms with van der Waals surface area (Å²) in [6, 6.07) is 15.6. The largest absolute Gasteiger partial charge is 0.366 e. The molecule has 0 saturated heterocycles. The van der Waals surface area contributed by atoms with Gasteiger partial charge >= 0.3 is 0 Å². The number of amides is 1. The van der Waals surface area contributed by atoms with Crippen molar-refractivity contribution in [1.29, 1.82) is 0 Å². The van der Waals surface area contributed by atoms with Gasteiger partial charge in [0.05, 0.1) is 0 Å². The number of fused-ring (bicyclic) bond motifs is 1. The lowest BCUT2D eigenvalue weighted by atomic mass is 10.0. The number of anilines is 1. The van der Waals surface area contributed by atoms with E-state index in [0.717, 1.165) is 33.5 Å². The van der Waals surface area contributed by atoms with Crippen LogP contribution in [0.2, 0.25) is 0 Å². The number of aromatic nitrogens is 3. The van der Waals surface area contributed by atoms with Crippen LogP contribution in [0.15, 0.2) is 54.7 Å². The second-order valence-electron chi connectivity index (χ2n) is 6.78. The Balaban J connectivity index is 1.78. The van der Waals surface area contributed by atoms with Crippen molar-refractivity contribution in [1.82, 2.24) is 15.0 Å². The van der Waals surface area contributed by atoms with Crippen LogP contribution in [-0.4, -0.2) is 20.9 Å². The highest BCUT2D eigenvalue weighted by molar-refractivity contribution is 6.11. The first kappa shape index (κ1) is 17.7. The number of rotatable bonds is 5. The summed E-state index contributed by atoms with van der Waals surface area (Å²) in [6.45, 7) is 4.58. The van der Waals surface area contributed by atoms with Gasteiger partial charge < -0.3 is 16.0 Å². The highest BCUT2D eigenvalue weighted by Crippen LogP contribution is 2.33. The fourth-order valence-corrected chi connectivity index (χ4v) is 3.39. The molecule has 140 valence electrons. The van der Waals surface area contributed by atoms with Crippen molar-refractivity contribution >= 4 is 22.6 Å². The van der Waals surface area contributed by atoms with E-state index < -0.39 is 5.91 Å². The first-order valence-electron chi connectivity index (χ1n) is 9.07. The Labute approximate surface area is 162 Å². The van der Waals surface area contributed by atoms with Crippen molar-refractivity contribution in [3.8, 4) is 11.4 Å². The number of primary amides is 1. The van der Waals surface area contributed by atoms with Crippen molar-refractivity contribution in [3.63, 3.8) is 0 Å². The maximum Gasteiger partial charge on any atom is 0.249 e. The minimum absolute atomic E-state index is 0.458. The van der Waals surface area contributed by atoms with Gasteiger partial charge in [0.1, 0.15) is 5.82 Å². The van der Waals surface area contributed by atoms with E-state index in [0.29, 0.717) is 17.9 Å². The van der Waals surface area contributed by atoms with E-state index >= 15 is 0 Å². The van der Waals surface area contributed by atoms with Crippen LogP contribution in [0.25, 0.3) is 22.3 Å². The fourth-order valence-electron chi connectivity index (χ4n) is 3.39. The van der Waals surface area contributed by atoms with Crippen LogP contribution >= 0.6 is 0 Å². The number of nitrogens with one attached hydrogen (secondary N) is 2. The SMILES string of the molecule is Cc1cnc(-c2c(C)[nH]c3cccc(C(N)=O)c23)nc1NCc1ccccc1. The third-order valence-electron chi connectivity index (χ3n) is 4.78. The van der Waals surface area contributed by atoms with Crippen LogP contribution in [0, 0.1) is 13.8 Å². The van der Waals surface area contributed by atoms with Crippen LogP contribution in [0.5, 0.6) is 0 Å². The van der Waals surface area contributed by atoms with E-state index in [4.69, 9.17) is 10.7 Å². The lowest BCUT2D eigenvalue weighted by Crippen LogP contribution is -2.11. The topological polar surface area (TPSA) is 96.7 Å². The fraction of sp³-hybridized carbons (Fsp3) is 0.136. The normalized spacial score (nSPS) is 10.9. The van der Waals surface area contributed by atoms with Gasteiger partial charge in [-0.15, -0.1) is 0 Å². The van der Waals surface area contributed by atoms with Gasteiger partial charge in [-0.2, -0.15) is 0 Å². The average molecular weight is 371 g/mol. The Morgan fingerprint density at radius 1 is 1.11 bits per heavy atom. The maximum atomic E-state index is 11.9. The van der Waals surface area contributed by atoms with Crippen LogP contribution in [0.1, 0.15) is 27.2 Å². The third-order valence-corrected chi connectivity index (χ3v) is 4.78. The Morgan fingerprint density at radius 2 is 1.89 bits per heavy atom. The van der Waals surface area contributed by atoms with Gasteiger partial charge in [0.15, 0.2) is 5.82 Å². The van der Waals surface area contributed by atoms with Crippen molar-refractivity contribution < 1.29 is 4.79 Å². The molecule has 0 saturated carbocycles. The first-order chi connectivity index (χ1) is 13.5. The molecule has 6 nitrogen and oxygen atoms in total. The van der Waals surface area contributed by atoms with E-state index in [1.165, 1.54) is 5.56 Å². The molecular weight excluding hydrogens is 350 g/mol. The molecule has 4 N–H and O–H groups in total. The van der Waals surface area contributed by atoms with Gasteiger partial charge in [-0.3, -0.25) is 4.79 Å². The molecule has 0 atom stereocenters. The molecule has 0 aliphatic carbocycles. The minimum atomic E-state index is -0.472. The van der Waals surface area contributed by atoms with Crippen LogP contribution in [0.3, 0.4) is 0 Å². The van der Waals surface area contributed by atoms with Gasteiger partial charge in [-0.1, -0.05) is 36.4 Å². The molecule has 0 aliphatic rings. The lowest BCUT2D eigenvalue weighted by Gasteiger charge is -2.11. The van der Waals surface area contributed by atoms with Gasteiger partial charge in [0, 0.05) is 46.0 Å². The summed E-state index contributed by atoms with van der Waals surface area (Å²) in [7, 11) is 0. The number of carbonyl (C=O) groups is 1. The second-order valence-corrected chi connectivity index (χ2v) is 6.78. The number of hydrogen-bond acceptors (Lipinski definition) is 4. The summed E-state index contributed by atoms with van der Waals surface area (Å²) in [6.07, 6.45) is 1.79. The minimum Gasteiger partial charge on any atom is -0.366 e. The van der Waals surface area contributed by atoms with Crippen LogP contribution in [0.4, 0.5) is 5.82 Å². The number of nitrogens with zero attached hydrogens (tertiary/aromatic N) is 2. The lowest BCUT2D eigenvalue weighted by molar-refractivity contribution is 0.100. The number of nitrogens with two attached hydrogens (primary N) is 1. The summed E-state index contributed by atoms with van der Waals surface area (Å²) < 4.78 is 0. The zero-order valence-corrected chi connectivity index (χ0v) is 15.8. The zero-order valence-electron chi connectivity index (χ0n) is 15.8. The molecule has 28 heavy (non-hydrogen) atoms. The van der Waals surface area contributed by atoms with E-state index in [1.807, 2.05) is 44.2 Å². The molecule has 4 aromatic rings. The summed E-state index contributed by atoms with van der Waals surface area (Å²) in [5, 5.41) is 4.14. The molecule has 2 heterocycles. The maximum absolute atomic E-state index is 11.9. The number of aromatic amines is 1. The molecule has 0 bridgehead atoms. The predicted octanol–water partition coefficient (Wildman–Crippen LogP) is 3.95. The number of aryl methyl sites for hydroxylation is 2. The molecule has 0 spiro atoms. The van der Waals surface area contributed by atoms with E-state index in [2.05, 4.69) is 27.4 Å². The molecule has 0 aliphatic heterocycles. The third kappa shape index (κ3) is 3.20. The zero-order chi connectivity index (χ0) is 19.7. The van der Waals surface area contributed by atoms with E-state index in [9.17, 15) is 4.79 Å². The standard InChI is InChI=1S/C22H21N5O/c1-13-11-24-22(27-21(13)25-12-15-7-4-3-5-8-15)18-14(2)26-17-10-6-9-16(19(17)18)20(23)28/h3-11,26H,12H2,1-2H3,(H2,23,28)(H,24,25,27). The molecule has 0 fully saturated rings. The second kappa shape index (κ2) is 7.15. The Kier molecular flexibility index (Phi) is 4.53. The Bertz CT molecular complexity index is 1160. The van der Waals surface area contributed by atoms with Gasteiger partial charge in [-0.25, -0.2) is 9.97 Å². The highest BCUT2D eigenvalue weighted by Gasteiger charge is 2.19. The molecule has 0 radical (unpaired) electrons. The number of carbonyl (C=O) groups excluding carboxylic acids is 1. The predicted molar refractivity (Wildman–Crippen MR) is 111 cm³/mol. The number of hydrogen-bond donors (Lipinski definition) is 3. The molecule has 6 heteroatoms. The Morgan fingerprint density at radius 3 is 2.64 bits per heavy atom. The average Bonchev–Trinajstić information content (AvgIpc) is 3.04. The monoisotopic (exact) mass is 371 g/mol. The van der Waals surface area contributed by atoms with Crippen LogP contribution in [-0.2, 0) is 6.54 Å². The number of H-pyrrole nitrogens is 1. The molecule has 2 aromatic heterocycles. The van der Waals surface area contributed by atoms with Crippen molar-refractivity contribution in [2.75, 3.05) is 5.32 Å². The first-order valence-corrected chi connectivity index (χ1v) is 9.07. The molecular formula is C22H21N5O. The quantitative estimate of drug-likeness (QED) is 0.495. The summed E-state index contributed by atoms with van der Waals surface area (Å²) in [5.41, 5.74) is 10.7. The Hall–Kier alpha value is -3.67. The van der Waals surface area contributed by atoms with Gasteiger partial charge in [0.2, 0.25) is 5.91 Å². The summed E-state index contributed by atoms with van der Waals surface area (Å²) in [4.78, 5) is 24.5. The highest BCUT2D eigenvalue weighted by atomic mass is 16.1. The van der Waals surface area contributed by atoms with Crippen molar-refractivity contribution in [2.24, 2.45) is 5.73 Å². The summed E-state index contributed by atoms with van der Waals surface area (Å²) in [5.74, 6) is 0.846. The summed E-state index contributed by atoms with van der Waals surface area (Å²) >= 11 is 0. The molecule has 0 unspecified atom stereocenters. The van der Waals surface area contributed by atoms with E-state index in [1.54, 1.807) is 12.3 Å². The van der Waals surface area contributed by atoms with Crippen molar-refractivity contribution in [3.05, 3.63) is 77.1 Å². The molecule has 1 amide bonds. The molecule has 4 rings (SSSR count).